The fourth-order valence-electron chi connectivity index (χ4n) is 2.53. The summed E-state index contributed by atoms with van der Waals surface area (Å²) in [6.45, 7) is 8.18. The summed E-state index contributed by atoms with van der Waals surface area (Å²) in [4.78, 5) is 15.3. The minimum atomic E-state index is -0.346. The highest BCUT2D eigenvalue weighted by atomic mass is 79.9. The number of nitro groups is 1. The molecule has 110 valence electrons. The maximum Gasteiger partial charge on any atom is 0.283 e. The van der Waals surface area contributed by atoms with E-state index >= 15 is 0 Å². The van der Waals surface area contributed by atoms with Crippen molar-refractivity contribution < 1.29 is 4.92 Å². The van der Waals surface area contributed by atoms with E-state index in [-0.39, 0.29) is 16.1 Å². The third kappa shape index (κ3) is 3.37. The Labute approximate surface area is 127 Å². The van der Waals surface area contributed by atoms with Gasteiger partial charge in [-0.05, 0) is 48.5 Å². The van der Waals surface area contributed by atoms with Crippen LogP contribution in [0.25, 0.3) is 0 Å². The number of hydrogen-bond donors (Lipinski definition) is 0. The van der Waals surface area contributed by atoms with Crippen molar-refractivity contribution in [3.05, 3.63) is 38.3 Å². The first kappa shape index (κ1) is 15.4. The molecule has 0 amide bonds. The van der Waals surface area contributed by atoms with E-state index in [1.54, 1.807) is 12.1 Å². The molecule has 1 aliphatic rings. The molecule has 2 rings (SSSR count). The number of halogens is 1. The molecule has 1 fully saturated rings. The third-order valence-corrected chi connectivity index (χ3v) is 4.68. The normalized spacial score (nSPS) is 20.0. The van der Waals surface area contributed by atoms with Gasteiger partial charge in [-0.15, -0.1) is 0 Å². The van der Waals surface area contributed by atoms with E-state index in [1.165, 1.54) is 0 Å². The van der Waals surface area contributed by atoms with Gasteiger partial charge in [-0.1, -0.05) is 6.07 Å². The molecule has 0 aliphatic carbocycles. The molecule has 1 aromatic carbocycles. The van der Waals surface area contributed by atoms with Gasteiger partial charge in [0.25, 0.3) is 5.69 Å². The smallest absolute Gasteiger partial charge is 0.283 e. The second kappa shape index (κ2) is 5.79. The van der Waals surface area contributed by atoms with Crippen molar-refractivity contribution >= 4 is 21.6 Å². The number of likely N-dealkylation sites (N-methyl/N-ethyl adjacent to an activating group) is 1. The molecule has 0 aromatic heterocycles. The van der Waals surface area contributed by atoms with Crippen molar-refractivity contribution in [2.24, 2.45) is 0 Å². The van der Waals surface area contributed by atoms with E-state index in [9.17, 15) is 10.1 Å². The van der Waals surface area contributed by atoms with E-state index in [0.29, 0.717) is 4.47 Å². The average molecular weight is 342 g/mol. The number of piperazine rings is 1. The largest absolute Gasteiger partial charge is 0.299 e. The number of hydrogen-bond acceptors (Lipinski definition) is 4. The summed E-state index contributed by atoms with van der Waals surface area (Å²) in [5.74, 6) is 0. The Balaban J connectivity index is 2.11. The van der Waals surface area contributed by atoms with Crippen molar-refractivity contribution in [3.8, 4) is 0 Å². The minimum absolute atomic E-state index is 0.135. The molecule has 1 aromatic rings. The van der Waals surface area contributed by atoms with Crippen LogP contribution in [0.4, 0.5) is 5.69 Å². The molecule has 1 saturated heterocycles. The molecule has 0 atom stereocenters. The van der Waals surface area contributed by atoms with Crippen LogP contribution in [0.5, 0.6) is 0 Å². The van der Waals surface area contributed by atoms with Crippen LogP contribution in [-0.2, 0) is 6.54 Å². The van der Waals surface area contributed by atoms with E-state index in [2.05, 4.69) is 46.6 Å². The van der Waals surface area contributed by atoms with E-state index in [1.807, 2.05) is 6.07 Å². The topological polar surface area (TPSA) is 49.6 Å². The maximum absolute atomic E-state index is 11.0. The lowest BCUT2D eigenvalue weighted by atomic mass is 9.99. The second-order valence-corrected chi connectivity index (χ2v) is 6.84. The lowest BCUT2D eigenvalue weighted by Gasteiger charge is -2.45. The first-order valence-electron chi connectivity index (χ1n) is 6.66. The maximum atomic E-state index is 11.0. The van der Waals surface area contributed by atoms with Crippen LogP contribution >= 0.6 is 15.9 Å². The summed E-state index contributed by atoms with van der Waals surface area (Å²) in [6.07, 6.45) is 0. The quantitative estimate of drug-likeness (QED) is 0.626. The number of benzene rings is 1. The minimum Gasteiger partial charge on any atom is -0.299 e. The van der Waals surface area contributed by atoms with Crippen molar-refractivity contribution in [1.29, 1.82) is 0 Å². The second-order valence-electron chi connectivity index (χ2n) is 5.99. The van der Waals surface area contributed by atoms with Gasteiger partial charge in [0, 0.05) is 37.8 Å². The summed E-state index contributed by atoms with van der Waals surface area (Å²) in [5.41, 5.74) is 1.26. The zero-order valence-electron chi connectivity index (χ0n) is 12.1. The van der Waals surface area contributed by atoms with Gasteiger partial charge in [-0.2, -0.15) is 0 Å². The molecule has 1 aliphatic heterocycles. The van der Waals surface area contributed by atoms with E-state index in [4.69, 9.17) is 0 Å². The highest BCUT2D eigenvalue weighted by Gasteiger charge is 2.30. The Kier molecular flexibility index (Phi) is 4.46. The summed E-state index contributed by atoms with van der Waals surface area (Å²) in [5, 5.41) is 11.0. The molecule has 0 spiro atoms. The molecule has 0 N–H and O–H groups in total. The zero-order chi connectivity index (χ0) is 14.9. The fraction of sp³-hybridized carbons (Fsp3) is 0.571. The van der Waals surface area contributed by atoms with Crippen LogP contribution in [0.3, 0.4) is 0 Å². The predicted octanol–water partition coefficient (Wildman–Crippen LogP) is 2.88. The van der Waals surface area contributed by atoms with Crippen LogP contribution in [0.2, 0.25) is 0 Å². The first-order valence-corrected chi connectivity index (χ1v) is 7.45. The van der Waals surface area contributed by atoms with Crippen molar-refractivity contribution in [3.63, 3.8) is 0 Å². The van der Waals surface area contributed by atoms with Gasteiger partial charge in [0.05, 0.1) is 9.40 Å². The molecule has 5 nitrogen and oxygen atoms in total. The Morgan fingerprint density at radius 3 is 2.70 bits per heavy atom. The summed E-state index contributed by atoms with van der Waals surface area (Å²) in [7, 11) is 2.14. The van der Waals surface area contributed by atoms with Crippen molar-refractivity contribution in [2.45, 2.75) is 25.9 Å². The SMILES string of the molecule is CN1CCN(Cc2ccc(Br)c([N+](=O)[O-])c2)CC1(C)C. The lowest BCUT2D eigenvalue weighted by Crippen LogP contribution is -2.57. The van der Waals surface area contributed by atoms with Crippen LogP contribution in [0.1, 0.15) is 19.4 Å². The lowest BCUT2D eigenvalue weighted by molar-refractivity contribution is -0.385. The Bertz CT molecular complexity index is 519. The molecule has 0 saturated carbocycles. The van der Waals surface area contributed by atoms with E-state index in [0.717, 1.165) is 31.7 Å². The van der Waals surface area contributed by atoms with Crippen molar-refractivity contribution in [1.82, 2.24) is 9.80 Å². The monoisotopic (exact) mass is 341 g/mol. The van der Waals surface area contributed by atoms with Gasteiger partial charge in [-0.25, -0.2) is 0 Å². The molecule has 0 radical (unpaired) electrons. The standard InChI is InChI=1S/C14H20BrN3O2/c1-14(2)10-17(7-6-16(14)3)9-11-4-5-12(15)13(8-11)18(19)20/h4-5,8H,6-7,9-10H2,1-3H3. The fourth-order valence-corrected chi connectivity index (χ4v) is 2.92. The summed E-state index contributed by atoms with van der Waals surface area (Å²) >= 11 is 3.22. The summed E-state index contributed by atoms with van der Waals surface area (Å²) in [6, 6.07) is 5.37. The first-order chi connectivity index (χ1) is 9.29. The molecular weight excluding hydrogens is 322 g/mol. The predicted molar refractivity (Wildman–Crippen MR) is 82.8 cm³/mol. The third-order valence-electron chi connectivity index (χ3n) is 4.01. The average Bonchev–Trinajstić information content (AvgIpc) is 2.35. The van der Waals surface area contributed by atoms with Gasteiger partial charge in [0.1, 0.15) is 0 Å². The molecule has 0 unspecified atom stereocenters. The van der Waals surface area contributed by atoms with Gasteiger partial charge < -0.3 is 0 Å². The highest BCUT2D eigenvalue weighted by molar-refractivity contribution is 9.10. The number of nitrogens with zero attached hydrogens (tertiary/aromatic N) is 3. The Morgan fingerprint density at radius 2 is 2.10 bits per heavy atom. The van der Waals surface area contributed by atoms with Gasteiger partial charge in [0.2, 0.25) is 0 Å². The van der Waals surface area contributed by atoms with Crippen LogP contribution < -0.4 is 0 Å². The molecule has 0 bridgehead atoms. The molecular formula is C14H20BrN3O2. The Hall–Kier alpha value is -0.980. The number of rotatable bonds is 3. The molecule has 20 heavy (non-hydrogen) atoms. The summed E-state index contributed by atoms with van der Waals surface area (Å²) < 4.78 is 0.532. The van der Waals surface area contributed by atoms with Crippen LogP contribution in [0.15, 0.2) is 22.7 Å². The number of nitro benzene ring substituents is 1. The van der Waals surface area contributed by atoms with E-state index < -0.39 is 0 Å². The molecule has 1 heterocycles. The van der Waals surface area contributed by atoms with Gasteiger partial charge in [0.15, 0.2) is 0 Å². The van der Waals surface area contributed by atoms with Crippen LogP contribution in [0, 0.1) is 10.1 Å². The highest BCUT2D eigenvalue weighted by Crippen LogP contribution is 2.27. The Morgan fingerprint density at radius 1 is 1.40 bits per heavy atom. The van der Waals surface area contributed by atoms with Gasteiger partial charge in [-0.3, -0.25) is 19.9 Å². The van der Waals surface area contributed by atoms with Crippen LogP contribution in [-0.4, -0.2) is 46.9 Å². The molecule has 6 heteroatoms. The van der Waals surface area contributed by atoms with Crippen molar-refractivity contribution in [2.75, 3.05) is 26.7 Å². The zero-order valence-corrected chi connectivity index (χ0v) is 13.7. The van der Waals surface area contributed by atoms with Gasteiger partial charge >= 0.3 is 0 Å².